The fraction of sp³-hybridized carbons (Fsp3) is 0.0833. The van der Waals surface area contributed by atoms with Gasteiger partial charge in [0.25, 0.3) is 0 Å². The molecule has 0 fully saturated rings. The van der Waals surface area contributed by atoms with Gasteiger partial charge in [0.2, 0.25) is 0 Å². The van der Waals surface area contributed by atoms with E-state index in [0.29, 0.717) is 5.82 Å². The Bertz CT molecular complexity index is 520. The van der Waals surface area contributed by atoms with Crippen molar-refractivity contribution in [1.82, 2.24) is 9.97 Å². The molecular formula is C12H10N2O3. The van der Waals surface area contributed by atoms with E-state index in [2.05, 4.69) is 9.97 Å². The summed E-state index contributed by atoms with van der Waals surface area (Å²) in [6.45, 7) is 0. The minimum absolute atomic E-state index is 0.0715. The van der Waals surface area contributed by atoms with Crippen molar-refractivity contribution in [3.05, 3.63) is 42.2 Å². The van der Waals surface area contributed by atoms with E-state index >= 15 is 0 Å². The largest absolute Gasteiger partial charge is 0.497 e. The predicted molar refractivity (Wildman–Crippen MR) is 61.0 cm³/mol. The molecule has 0 aliphatic carbocycles. The molecule has 0 amide bonds. The van der Waals surface area contributed by atoms with Crippen molar-refractivity contribution >= 4 is 5.97 Å². The highest BCUT2D eigenvalue weighted by Gasteiger charge is 2.05. The molecule has 0 unspecified atom stereocenters. The number of carbonyl (C=O) groups is 1. The van der Waals surface area contributed by atoms with Gasteiger partial charge in [-0.15, -0.1) is 0 Å². The van der Waals surface area contributed by atoms with Crippen molar-refractivity contribution in [3.63, 3.8) is 0 Å². The molecule has 0 aliphatic rings. The van der Waals surface area contributed by atoms with E-state index in [0.717, 1.165) is 11.3 Å². The zero-order valence-electron chi connectivity index (χ0n) is 9.12. The summed E-state index contributed by atoms with van der Waals surface area (Å²) >= 11 is 0. The van der Waals surface area contributed by atoms with E-state index in [1.807, 2.05) is 12.1 Å². The summed E-state index contributed by atoms with van der Waals surface area (Å²) < 4.78 is 5.04. The minimum atomic E-state index is -1.04. The highest BCUT2D eigenvalue weighted by molar-refractivity contribution is 5.86. The molecule has 1 aromatic carbocycles. The van der Waals surface area contributed by atoms with Crippen LogP contribution in [0.1, 0.15) is 10.4 Å². The van der Waals surface area contributed by atoms with Gasteiger partial charge in [-0.25, -0.2) is 14.8 Å². The quantitative estimate of drug-likeness (QED) is 0.871. The number of carboxylic acid groups (broad SMARTS) is 1. The van der Waals surface area contributed by atoms with Crippen LogP contribution >= 0.6 is 0 Å². The first-order chi connectivity index (χ1) is 8.20. The second kappa shape index (κ2) is 4.61. The van der Waals surface area contributed by atoms with Gasteiger partial charge in [-0.05, 0) is 24.3 Å². The maximum absolute atomic E-state index is 10.6. The van der Waals surface area contributed by atoms with Crippen molar-refractivity contribution in [2.24, 2.45) is 0 Å². The van der Waals surface area contributed by atoms with Gasteiger partial charge >= 0.3 is 5.97 Å². The van der Waals surface area contributed by atoms with Crippen LogP contribution in [0.3, 0.4) is 0 Å². The lowest BCUT2D eigenvalue weighted by Gasteiger charge is -2.02. The maximum Gasteiger partial charge on any atom is 0.338 e. The first-order valence-corrected chi connectivity index (χ1v) is 4.90. The van der Waals surface area contributed by atoms with Gasteiger partial charge in [-0.3, -0.25) is 0 Å². The summed E-state index contributed by atoms with van der Waals surface area (Å²) in [7, 11) is 1.59. The predicted octanol–water partition coefficient (Wildman–Crippen LogP) is 1.85. The Kier molecular flexibility index (Phi) is 3.00. The Hall–Kier alpha value is -2.43. The molecule has 0 aliphatic heterocycles. The van der Waals surface area contributed by atoms with E-state index in [1.54, 1.807) is 19.2 Å². The van der Waals surface area contributed by atoms with Gasteiger partial charge < -0.3 is 9.84 Å². The van der Waals surface area contributed by atoms with Crippen LogP contribution < -0.4 is 4.74 Å². The third-order valence-corrected chi connectivity index (χ3v) is 2.25. The standard InChI is InChI=1S/C12H10N2O3/c1-17-10-4-2-8(3-5-10)11-13-6-9(7-14-11)12(15)16/h2-7H,1H3,(H,15,16). The number of rotatable bonds is 3. The first-order valence-electron chi connectivity index (χ1n) is 4.90. The zero-order chi connectivity index (χ0) is 12.3. The number of carboxylic acids is 1. The first kappa shape index (κ1) is 11.1. The lowest BCUT2D eigenvalue weighted by Crippen LogP contribution is -1.99. The highest BCUT2D eigenvalue weighted by Crippen LogP contribution is 2.18. The van der Waals surface area contributed by atoms with Crippen molar-refractivity contribution in [2.75, 3.05) is 7.11 Å². The number of nitrogens with zero attached hydrogens (tertiary/aromatic N) is 2. The molecule has 2 rings (SSSR count). The van der Waals surface area contributed by atoms with Crippen LogP contribution in [0.4, 0.5) is 0 Å². The number of methoxy groups -OCH3 is 1. The molecule has 1 heterocycles. The summed E-state index contributed by atoms with van der Waals surface area (Å²) in [5.41, 5.74) is 0.880. The molecule has 0 atom stereocenters. The average Bonchev–Trinajstić information content (AvgIpc) is 2.39. The van der Waals surface area contributed by atoms with Gasteiger partial charge in [0, 0.05) is 18.0 Å². The Balaban J connectivity index is 2.29. The van der Waals surface area contributed by atoms with Gasteiger partial charge in [-0.1, -0.05) is 0 Å². The number of ether oxygens (including phenoxy) is 1. The number of hydrogen-bond donors (Lipinski definition) is 1. The third kappa shape index (κ3) is 2.39. The highest BCUT2D eigenvalue weighted by atomic mass is 16.5. The zero-order valence-corrected chi connectivity index (χ0v) is 9.12. The summed E-state index contributed by atoms with van der Waals surface area (Å²) in [5, 5.41) is 8.72. The van der Waals surface area contributed by atoms with Crippen molar-refractivity contribution in [2.45, 2.75) is 0 Å². The topological polar surface area (TPSA) is 72.3 Å². The molecule has 0 saturated carbocycles. The minimum Gasteiger partial charge on any atom is -0.497 e. The van der Waals surface area contributed by atoms with Crippen LogP contribution in [0, 0.1) is 0 Å². The molecule has 86 valence electrons. The van der Waals surface area contributed by atoms with Gasteiger partial charge in [-0.2, -0.15) is 0 Å². The van der Waals surface area contributed by atoms with E-state index in [4.69, 9.17) is 9.84 Å². The lowest BCUT2D eigenvalue weighted by atomic mass is 10.2. The molecule has 0 spiro atoms. The van der Waals surface area contributed by atoms with E-state index in [1.165, 1.54) is 12.4 Å². The molecular weight excluding hydrogens is 220 g/mol. The fourth-order valence-electron chi connectivity index (χ4n) is 1.33. The maximum atomic E-state index is 10.6. The number of benzene rings is 1. The number of aromatic carboxylic acids is 1. The molecule has 2 aromatic rings. The van der Waals surface area contributed by atoms with Gasteiger partial charge in [0.05, 0.1) is 12.7 Å². The smallest absolute Gasteiger partial charge is 0.338 e. The molecule has 0 saturated heterocycles. The molecule has 1 aromatic heterocycles. The molecule has 17 heavy (non-hydrogen) atoms. The molecule has 5 nitrogen and oxygen atoms in total. The third-order valence-electron chi connectivity index (χ3n) is 2.25. The van der Waals surface area contributed by atoms with Crippen molar-refractivity contribution in [1.29, 1.82) is 0 Å². The molecule has 0 radical (unpaired) electrons. The normalized spacial score (nSPS) is 9.94. The van der Waals surface area contributed by atoms with Crippen LogP contribution in [-0.4, -0.2) is 28.2 Å². The summed E-state index contributed by atoms with van der Waals surface area (Å²) in [6.07, 6.45) is 2.57. The van der Waals surface area contributed by atoms with Crippen molar-refractivity contribution in [3.8, 4) is 17.1 Å². The number of aromatic nitrogens is 2. The van der Waals surface area contributed by atoms with Gasteiger partial charge in [0.1, 0.15) is 5.75 Å². The van der Waals surface area contributed by atoms with Crippen molar-refractivity contribution < 1.29 is 14.6 Å². The molecule has 1 N–H and O–H groups in total. The Morgan fingerprint density at radius 2 is 1.76 bits per heavy atom. The summed E-state index contributed by atoms with van der Waals surface area (Å²) in [5.74, 6) is 0.194. The van der Waals surface area contributed by atoms with E-state index < -0.39 is 5.97 Å². The summed E-state index contributed by atoms with van der Waals surface area (Å²) in [4.78, 5) is 18.6. The molecule has 0 bridgehead atoms. The molecule has 5 heteroatoms. The van der Waals surface area contributed by atoms with Crippen LogP contribution in [-0.2, 0) is 0 Å². The van der Waals surface area contributed by atoms with Crippen LogP contribution in [0.15, 0.2) is 36.7 Å². The van der Waals surface area contributed by atoms with Crippen LogP contribution in [0.25, 0.3) is 11.4 Å². The Labute approximate surface area is 97.7 Å². The summed E-state index contributed by atoms with van der Waals surface area (Å²) in [6, 6.07) is 7.22. The fourth-order valence-corrected chi connectivity index (χ4v) is 1.33. The monoisotopic (exact) mass is 230 g/mol. The number of hydrogen-bond acceptors (Lipinski definition) is 4. The van der Waals surface area contributed by atoms with Gasteiger partial charge in [0.15, 0.2) is 5.82 Å². The van der Waals surface area contributed by atoms with Crippen LogP contribution in [0.2, 0.25) is 0 Å². The Morgan fingerprint density at radius 1 is 1.18 bits per heavy atom. The second-order valence-corrected chi connectivity index (χ2v) is 3.33. The Morgan fingerprint density at radius 3 is 2.24 bits per heavy atom. The van der Waals surface area contributed by atoms with E-state index in [-0.39, 0.29) is 5.56 Å². The van der Waals surface area contributed by atoms with E-state index in [9.17, 15) is 4.79 Å². The average molecular weight is 230 g/mol. The second-order valence-electron chi connectivity index (χ2n) is 3.33. The lowest BCUT2D eigenvalue weighted by molar-refractivity contribution is 0.0696. The van der Waals surface area contributed by atoms with Crippen LogP contribution in [0.5, 0.6) is 5.75 Å². The SMILES string of the molecule is COc1ccc(-c2ncc(C(=O)O)cn2)cc1.